The number of benzene rings is 2. The van der Waals surface area contributed by atoms with Crippen molar-refractivity contribution in [2.45, 2.75) is 63.8 Å². The highest BCUT2D eigenvalue weighted by Gasteiger charge is 2.26. The van der Waals surface area contributed by atoms with Gasteiger partial charge in [-0.05, 0) is 80.8 Å². The van der Waals surface area contributed by atoms with Gasteiger partial charge in [0, 0.05) is 25.2 Å². The maximum absolute atomic E-state index is 12.5. The molecule has 0 saturated carbocycles. The van der Waals surface area contributed by atoms with E-state index in [9.17, 15) is 23.4 Å². The molecule has 2 aromatic carbocycles. The fraction of sp³-hybridized carbons (Fsp3) is 0.519. The third-order valence-electron chi connectivity index (χ3n) is 6.84. The van der Waals surface area contributed by atoms with Gasteiger partial charge in [-0.2, -0.15) is 0 Å². The second-order valence-corrected chi connectivity index (χ2v) is 11.8. The minimum atomic E-state index is -3.59. The second kappa shape index (κ2) is 12.2. The molecule has 38 heavy (non-hydrogen) atoms. The van der Waals surface area contributed by atoms with Gasteiger partial charge in [0.2, 0.25) is 10.0 Å². The second-order valence-electron chi connectivity index (χ2n) is 10.1. The maximum Gasteiger partial charge on any atom is 0.260 e. The van der Waals surface area contributed by atoms with Crippen molar-refractivity contribution in [1.29, 1.82) is 0 Å². The topological polar surface area (TPSA) is 137 Å². The molecule has 1 saturated heterocycles. The number of carbonyl (C=O) groups excluding carboxylic acids is 1. The van der Waals surface area contributed by atoms with Crippen LogP contribution in [0.25, 0.3) is 0 Å². The first-order valence-corrected chi connectivity index (χ1v) is 14.9. The molecular weight excluding hydrogens is 510 g/mol. The highest BCUT2D eigenvalue weighted by atomic mass is 32.2. The highest BCUT2D eigenvalue weighted by molar-refractivity contribution is 7.92. The average Bonchev–Trinajstić information content (AvgIpc) is 2.88. The molecule has 0 spiro atoms. The Balaban J connectivity index is 1.37. The third-order valence-corrected chi connectivity index (χ3v) is 7.43. The van der Waals surface area contributed by atoms with Gasteiger partial charge in [-0.3, -0.25) is 14.8 Å². The minimum Gasteiger partial charge on any atom is -0.506 e. The molecule has 3 atom stereocenters. The van der Waals surface area contributed by atoms with E-state index < -0.39 is 22.4 Å². The molecule has 1 heterocycles. The number of hydrogen-bond acceptors (Lipinski definition) is 8. The molecule has 0 radical (unpaired) electrons. The number of anilines is 1. The smallest absolute Gasteiger partial charge is 0.260 e. The van der Waals surface area contributed by atoms with E-state index in [1.807, 2.05) is 23.1 Å². The van der Waals surface area contributed by atoms with Gasteiger partial charge >= 0.3 is 0 Å². The number of piperidine rings is 1. The lowest BCUT2D eigenvalue weighted by molar-refractivity contribution is -0.134. The predicted molar refractivity (Wildman–Crippen MR) is 144 cm³/mol. The van der Waals surface area contributed by atoms with Gasteiger partial charge < -0.3 is 24.6 Å². The minimum absolute atomic E-state index is 0.00719. The van der Waals surface area contributed by atoms with E-state index in [2.05, 4.69) is 10.0 Å². The van der Waals surface area contributed by atoms with Crippen LogP contribution in [0.2, 0.25) is 0 Å². The molecule has 1 amide bonds. The van der Waals surface area contributed by atoms with E-state index in [0.717, 1.165) is 50.6 Å². The Kier molecular flexibility index (Phi) is 9.01. The number of fused-ring (bicyclic) bond motifs is 1. The van der Waals surface area contributed by atoms with Crippen molar-refractivity contribution in [2.24, 2.45) is 0 Å². The fourth-order valence-electron chi connectivity index (χ4n) is 4.87. The van der Waals surface area contributed by atoms with Crippen LogP contribution in [0.3, 0.4) is 0 Å². The molecule has 1 fully saturated rings. The molecule has 208 valence electrons. The Morgan fingerprint density at radius 3 is 2.55 bits per heavy atom. The van der Waals surface area contributed by atoms with Crippen LogP contribution in [-0.4, -0.2) is 73.8 Å². The van der Waals surface area contributed by atoms with Crippen molar-refractivity contribution in [3.8, 4) is 17.2 Å². The number of carbonyl (C=O) groups is 1. The molecule has 11 heteroatoms. The Morgan fingerprint density at radius 1 is 1.11 bits per heavy atom. The number of aromatic hydroxyl groups is 1. The van der Waals surface area contributed by atoms with Crippen molar-refractivity contribution >= 4 is 21.6 Å². The Morgan fingerprint density at radius 2 is 1.84 bits per heavy atom. The molecule has 2 aromatic rings. The van der Waals surface area contributed by atoms with Crippen LogP contribution in [0.5, 0.6) is 17.2 Å². The van der Waals surface area contributed by atoms with Gasteiger partial charge in [-0.25, -0.2) is 8.42 Å². The Bertz CT molecular complexity index is 1230. The SMILES string of the molecule is CC(O)C(NC1CCc2ccc(OCC(=O)N3CCCCC3)cc2C1)Oc1ccc(O)c(NS(C)(=O)=O)c1. The number of nitrogens with one attached hydrogen (secondary N) is 2. The first-order chi connectivity index (χ1) is 18.1. The zero-order valence-corrected chi connectivity index (χ0v) is 22.7. The summed E-state index contributed by atoms with van der Waals surface area (Å²) in [7, 11) is -3.59. The zero-order chi connectivity index (χ0) is 27.3. The standard InChI is InChI=1S/C27H37N3O7S/c1-18(31)27(37-23-10-11-25(32)24(16-23)29-38(2,34)35)28-21-8-6-19-7-9-22(15-20(19)14-21)36-17-26(33)30-12-4-3-5-13-30/h7,9-11,15-16,18,21,27-29,31-32H,3-6,8,12-14,17H2,1-2H3. The van der Waals surface area contributed by atoms with Crippen LogP contribution in [0.15, 0.2) is 36.4 Å². The van der Waals surface area contributed by atoms with Crippen LogP contribution in [0.1, 0.15) is 43.7 Å². The normalized spacial score (nSPS) is 19.2. The van der Waals surface area contributed by atoms with Gasteiger partial charge in [0.05, 0.1) is 11.9 Å². The lowest BCUT2D eigenvalue weighted by Crippen LogP contribution is -2.49. The predicted octanol–water partition coefficient (Wildman–Crippen LogP) is 2.39. The van der Waals surface area contributed by atoms with Crippen molar-refractivity contribution in [1.82, 2.24) is 10.2 Å². The first kappa shape index (κ1) is 28.0. The number of nitrogens with zero attached hydrogens (tertiary/aromatic N) is 1. The van der Waals surface area contributed by atoms with Crippen LogP contribution >= 0.6 is 0 Å². The zero-order valence-electron chi connectivity index (χ0n) is 21.9. The first-order valence-electron chi connectivity index (χ1n) is 13.0. The monoisotopic (exact) mass is 547 g/mol. The largest absolute Gasteiger partial charge is 0.506 e. The molecule has 2 aliphatic rings. The van der Waals surface area contributed by atoms with Crippen molar-refractivity contribution in [2.75, 3.05) is 30.7 Å². The van der Waals surface area contributed by atoms with E-state index in [-0.39, 0.29) is 35.7 Å². The average molecular weight is 548 g/mol. The van der Waals surface area contributed by atoms with Crippen molar-refractivity contribution < 1.29 is 32.9 Å². The number of rotatable bonds is 10. The molecule has 0 aromatic heterocycles. The van der Waals surface area contributed by atoms with E-state index in [1.54, 1.807) is 6.92 Å². The number of phenols is 1. The molecule has 3 unspecified atom stereocenters. The highest BCUT2D eigenvalue weighted by Crippen LogP contribution is 2.30. The summed E-state index contributed by atoms with van der Waals surface area (Å²) in [6.45, 7) is 3.23. The van der Waals surface area contributed by atoms with Crippen LogP contribution in [0.4, 0.5) is 5.69 Å². The number of phenolic OH excluding ortho intramolecular Hbond substituents is 1. The van der Waals surface area contributed by atoms with Crippen molar-refractivity contribution in [3.63, 3.8) is 0 Å². The van der Waals surface area contributed by atoms with Gasteiger partial charge in [0.25, 0.3) is 5.91 Å². The van der Waals surface area contributed by atoms with Gasteiger partial charge in [0.15, 0.2) is 12.8 Å². The number of aliphatic hydroxyl groups is 1. The summed E-state index contributed by atoms with van der Waals surface area (Å²) >= 11 is 0. The molecule has 4 N–H and O–H groups in total. The molecule has 1 aliphatic carbocycles. The summed E-state index contributed by atoms with van der Waals surface area (Å²) in [4.78, 5) is 14.3. The van der Waals surface area contributed by atoms with Crippen LogP contribution in [0, 0.1) is 0 Å². The molecule has 10 nitrogen and oxygen atoms in total. The fourth-order valence-corrected chi connectivity index (χ4v) is 5.43. The van der Waals surface area contributed by atoms with E-state index in [1.165, 1.54) is 30.2 Å². The van der Waals surface area contributed by atoms with E-state index in [0.29, 0.717) is 12.2 Å². The number of aryl methyl sites for hydroxylation is 1. The number of amides is 1. The summed E-state index contributed by atoms with van der Waals surface area (Å²) < 4.78 is 37.2. The molecular formula is C27H37N3O7S. The maximum atomic E-state index is 12.5. The van der Waals surface area contributed by atoms with Gasteiger partial charge in [-0.1, -0.05) is 6.07 Å². The summed E-state index contributed by atoms with van der Waals surface area (Å²) in [5.74, 6) is 0.734. The van der Waals surface area contributed by atoms with Crippen LogP contribution in [-0.2, 0) is 27.7 Å². The van der Waals surface area contributed by atoms with E-state index >= 15 is 0 Å². The summed E-state index contributed by atoms with van der Waals surface area (Å²) in [6.07, 6.45) is 4.98. The number of aliphatic hydroxyl groups excluding tert-OH is 1. The lowest BCUT2D eigenvalue weighted by atomic mass is 9.88. The number of ether oxygens (including phenoxy) is 2. The number of likely N-dealkylation sites (tertiary alicyclic amines) is 1. The number of sulfonamides is 1. The third kappa shape index (κ3) is 7.75. The molecule has 1 aliphatic heterocycles. The van der Waals surface area contributed by atoms with Gasteiger partial charge in [0.1, 0.15) is 23.4 Å². The quantitative estimate of drug-likeness (QED) is 0.263. The Hall–Kier alpha value is -3.02. The molecule has 0 bridgehead atoms. The van der Waals surface area contributed by atoms with Crippen LogP contribution < -0.4 is 19.5 Å². The van der Waals surface area contributed by atoms with E-state index in [4.69, 9.17) is 9.47 Å². The van der Waals surface area contributed by atoms with Crippen molar-refractivity contribution in [3.05, 3.63) is 47.5 Å². The Labute approximate surface area is 224 Å². The summed E-state index contributed by atoms with van der Waals surface area (Å²) in [6, 6.07) is 10.2. The summed E-state index contributed by atoms with van der Waals surface area (Å²) in [5.41, 5.74) is 2.33. The number of hydrogen-bond donors (Lipinski definition) is 4. The molecule has 4 rings (SSSR count). The van der Waals surface area contributed by atoms with Gasteiger partial charge in [-0.15, -0.1) is 0 Å². The summed E-state index contributed by atoms with van der Waals surface area (Å²) in [5, 5.41) is 23.7. The lowest BCUT2D eigenvalue weighted by Gasteiger charge is -2.31.